The third-order valence-electron chi connectivity index (χ3n) is 3.93. The molecule has 3 aromatic rings. The number of nitrogens with one attached hydrogen (secondary N) is 2. The first kappa shape index (κ1) is 19.6. The van der Waals surface area contributed by atoms with Crippen molar-refractivity contribution in [1.82, 2.24) is 25.4 Å². The number of thioether (sulfide) groups is 1. The lowest BCUT2D eigenvalue weighted by molar-refractivity contribution is -0.118. The largest absolute Gasteiger partial charge is 0.354 e. The maximum absolute atomic E-state index is 12.0. The fourth-order valence-corrected chi connectivity index (χ4v) is 3.21. The Hall–Kier alpha value is -3.13. The highest BCUT2D eigenvalue weighted by Crippen LogP contribution is 2.19. The summed E-state index contributed by atoms with van der Waals surface area (Å²) >= 11 is 1.31. The van der Waals surface area contributed by atoms with Crippen LogP contribution in [0.25, 0.3) is 5.69 Å². The van der Waals surface area contributed by atoms with Crippen LogP contribution in [0.15, 0.2) is 66.1 Å². The maximum Gasteiger partial charge on any atom is 0.251 e. The number of amides is 2. The van der Waals surface area contributed by atoms with E-state index >= 15 is 0 Å². The molecule has 28 heavy (non-hydrogen) atoms. The summed E-state index contributed by atoms with van der Waals surface area (Å²) in [5.41, 5.74) is 2.71. The van der Waals surface area contributed by atoms with Crippen LogP contribution in [0.5, 0.6) is 0 Å². The van der Waals surface area contributed by atoms with Crippen LogP contribution in [0.4, 0.5) is 0 Å². The Balaban J connectivity index is 1.41. The molecule has 2 aromatic carbocycles. The van der Waals surface area contributed by atoms with Crippen LogP contribution in [-0.4, -0.2) is 45.4 Å². The number of hydrogen-bond donors (Lipinski definition) is 2. The molecule has 0 aliphatic rings. The van der Waals surface area contributed by atoms with Crippen LogP contribution in [0, 0.1) is 6.92 Å². The molecule has 2 amide bonds. The third kappa shape index (κ3) is 5.43. The second-order valence-corrected chi connectivity index (χ2v) is 7.02. The van der Waals surface area contributed by atoms with Crippen molar-refractivity contribution in [3.05, 3.63) is 72.1 Å². The first-order valence-electron chi connectivity index (χ1n) is 8.83. The molecule has 0 saturated heterocycles. The van der Waals surface area contributed by atoms with Crippen LogP contribution in [0.1, 0.15) is 15.9 Å². The molecule has 0 spiro atoms. The van der Waals surface area contributed by atoms with E-state index in [0.717, 1.165) is 5.69 Å². The van der Waals surface area contributed by atoms with Gasteiger partial charge in [-0.25, -0.2) is 0 Å². The van der Waals surface area contributed by atoms with Gasteiger partial charge in [-0.15, -0.1) is 10.2 Å². The van der Waals surface area contributed by atoms with E-state index in [1.165, 1.54) is 17.3 Å². The molecule has 0 aliphatic heterocycles. The van der Waals surface area contributed by atoms with Crippen molar-refractivity contribution in [3.8, 4) is 5.69 Å². The van der Waals surface area contributed by atoms with Gasteiger partial charge in [-0.2, -0.15) is 0 Å². The lowest BCUT2D eigenvalue weighted by atomic mass is 10.2. The van der Waals surface area contributed by atoms with E-state index in [1.54, 1.807) is 18.5 Å². The summed E-state index contributed by atoms with van der Waals surface area (Å²) in [6.45, 7) is 2.75. The standard InChI is InChI=1S/C20H21N5O2S/c1-15-7-9-17(10-8-15)25-14-23-24-20(25)28-13-18(26)21-11-12-22-19(27)16-5-3-2-4-6-16/h2-10,14H,11-13H2,1H3,(H,21,26)(H,22,27). The van der Waals surface area contributed by atoms with E-state index in [0.29, 0.717) is 23.8 Å². The van der Waals surface area contributed by atoms with Crippen molar-refractivity contribution >= 4 is 23.6 Å². The predicted octanol–water partition coefficient (Wildman–Crippen LogP) is 2.21. The van der Waals surface area contributed by atoms with Gasteiger partial charge >= 0.3 is 0 Å². The summed E-state index contributed by atoms with van der Waals surface area (Å²) in [6, 6.07) is 17.0. The molecule has 0 bridgehead atoms. The van der Waals surface area contributed by atoms with Gasteiger partial charge in [-0.05, 0) is 31.2 Å². The number of carbonyl (C=O) groups excluding carboxylic acids is 2. The van der Waals surface area contributed by atoms with Gasteiger partial charge in [0.2, 0.25) is 5.91 Å². The van der Waals surface area contributed by atoms with Crippen molar-refractivity contribution in [2.24, 2.45) is 0 Å². The zero-order valence-electron chi connectivity index (χ0n) is 15.5. The zero-order chi connectivity index (χ0) is 19.8. The lowest BCUT2D eigenvalue weighted by Crippen LogP contribution is -2.35. The molecule has 0 atom stereocenters. The molecule has 2 N–H and O–H groups in total. The lowest BCUT2D eigenvalue weighted by Gasteiger charge is -2.08. The Morgan fingerprint density at radius 3 is 2.46 bits per heavy atom. The molecule has 8 heteroatoms. The summed E-state index contributed by atoms with van der Waals surface area (Å²) in [5, 5.41) is 14.2. The van der Waals surface area contributed by atoms with Gasteiger partial charge in [0.05, 0.1) is 5.75 Å². The van der Waals surface area contributed by atoms with Gasteiger partial charge in [0.25, 0.3) is 5.91 Å². The smallest absolute Gasteiger partial charge is 0.251 e. The molecule has 144 valence electrons. The molecule has 0 radical (unpaired) electrons. The van der Waals surface area contributed by atoms with E-state index in [4.69, 9.17) is 0 Å². The number of hydrogen-bond acceptors (Lipinski definition) is 5. The van der Waals surface area contributed by atoms with Crippen LogP contribution < -0.4 is 10.6 Å². The van der Waals surface area contributed by atoms with Gasteiger partial charge in [0.1, 0.15) is 6.33 Å². The molecular formula is C20H21N5O2S. The average Bonchev–Trinajstić information content (AvgIpc) is 3.19. The van der Waals surface area contributed by atoms with Crippen molar-refractivity contribution in [2.75, 3.05) is 18.8 Å². The topological polar surface area (TPSA) is 88.9 Å². The van der Waals surface area contributed by atoms with Crippen LogP contribution in [-0.2, 0) is 4.79 Å². The molecule has 0 saturated carbocycles. The highest BCUT2D eigenvalue weighted by molar-refractivity contribution is 7.99. The molecule has 0 fully saturated rings. The number of aryl methyl sites for hydroxylation is 1. The number of aromatic nitrogens is 3. The van der Waals surface area contributed by atoms with Gasteiger partial charge in [0, 0.05) is 24.3 Å². The van der Waals surface area contributed by atoms with Gasteiger partial charge in [-0.1, -0.05) is 47.7 Å². The Bertz CT molecular complexity index is 925. The molecule has 1 aromatic heterocycles. The molecule has 0 aliphatic carbocycles. The summed E-state index contributed by atoms with van der Waals surface area (Å²) in [6.07, 6.45) is 1.63. The summed E-state index contributed by atoms with van der Waals surface area (Å²) < 4.78 is 1.84. The van der Waals surface area contributed by atoms with Crippen molar-refractivity contribution < 1.29 is 9.59 Å². The van der Waals surface area contributed by atoms with Crippen molar-refractivity contribution in [2.45, 2.75) is 12.1 Å². The van der Waals surface area contributed by atoms with Crippen LogP contribution in [0.3, 0.4) is 0 Å². The minimum Gasteiger partial charge on any atom is -0.354 e. The Morgan fingerprint density at radius 1 is 1.00 bits per heavy atom. The maximum atomic E-state index is 12.0. The van der Waals surface area contributed by atoms with E-state index in [-0.39, 0.29) is 17.6 Å². The Kier molecular flexibility index (Phi) is 6.80. The highest BCUT2D eigenvalue weighted by Gasteiger charge is 2.10. The molecule has 1 heterocycles. The van der Waals surface area contributed by atoms with E-state index < -0.39 is 0 Å². The SMILES string of the molecule is Cc1ccc(-n2cnnc2SCC(=O)NCCNC(=O)c2ccccc2)cc1. The zero-order valence-corrected chi connectivity index (χ0v) is 16.3. The van der Waals surface area contributed by atoms with Gasteiger partial charge in [0.15, 0.2) is 5.16 Å². The van der Waals surface area contributed by atoms with Gasteiger partial charge in [-0.3, -0.25) is 14.2 Å². The minimum atomic E-state index is -0.157. The van der Waals surface area contributed by atoms with E-state index in [1.807, 2.05) is 54.0 Å². The number of nitrogens with zero attached hydrogens (tertiary/aromatic N) is 3. The quantitative estimate of drug-likeness (QED) is 0.451. The molecule has 7 nitrogen and oxygen atoms in total. The fourth-order valence-electron chi connectivity index (χ4n) is 2.46. The van der Waals surface area contributed by atoms with Crippen molar-refractivity contribution in [1.29, 1.82) is 0 Å². The van der Waals surface area contributed by atoms with E-state index in [2.05, 4.69) is 20.8 Å². The molecule has 0 unspecified atom stereocenters. The van der Waals surface area contributed by atoms with E-state index in [9.17, 15) is 9.59 Å². The van der Waals surface area contributed by atoms with Crippen molar-refractivity contribution in [3.63, 3.8) is 0 Å². The summed E-state index contributed by atoms with van der Waals surface area (Å²) in [7, 11) is 0. The number of benzene rings is 2. The molecular weight excluding hydrogens is 374 g/mol. The normalized spacial score (nSPS) is 10.5. The average molecular weight is 395 g/mol. The van der Waals surface area contributed by atoms with Gasteiger partial charge < -0.3 is 10.6 Å². The second-order valence-electron chi connectivity index (χ2n) is 6.08. The first-order valence-corrected chi connectivity index (χ1v) is 9.82. The van der Waals surface area contributed by atoms with Crippen LogP contribution in [0.2, 0.25) is 0 Å². The summed E-state index contributed by atoms with van der Waals surface area (Å²) in [4.78, 5) is 24.0. The number of rotatable bonds is 8. The monoisotopic (exact) mass is 395 g/mol. The Labute approximate surface area is 167 Å². The highest BCUT2D eigenvalue weighted by atomic mass is 32.2. The fraction of sp³-hybridized carbons (Fsp3) is 0.200. The number of carbonyl (C=O) groups is 2. The summed E-state index contributed by atoms with van der Waals surface area (Å²) in [5.74, 6) is -0.0650. The second kappa shape index (κ2) is 9.70. The third-order valence-corrected chi connectivity index (χ3v) is 4.87. The minimum absolute atomic E-state index is 0.127. The predicted molar refractivity (Wildman–Crippen MR) is 109 cm³/mol. The molecule has 3 rings (SSSR count). The Morgan fingerprint density at radius 2 is 1.71 bits per heavy atom. The first-order chi connectivity index (χ1) is 13.6. The van der Waals surface area contributed by atoms with Crippen LogP contribution >= 0.6 is 11.8 Å².